The first-order valence-corrected chi connectivity index (χ1v) is 6.89. The predicted octanol–water partition coefficient (Wildman–Crippen LogP) is 4.19. The highest BCUT2D eigenvalue weighted by Crippen LogP contribution is 2.23. The molecule has 0 spiro atoms. The quantitative estimate of drug-likeness (QED) is 0.773. The highest BCUT2D eigenvalue weighted by atomic mass is 32.1. The molecule has 0 fully saturated rings. The maximum absolute atomic E-state index is 11.1. The van der Waals surface area contributed by atoms with Gasteiger partial charge in [-0.3, -0.25) is 0 Å². The monoisotopic (exact) mass is 268 g/mol. The maximum atomic E-state index is 11.1. The van der Waals surface area contributed by atoms with Gasteiger partial charge in [0.1, 0.15) is 0 Å². The highest BCUT2D eigenvalue weighted by Gasteiger charge is 2.11. The molecule has 1 aromatic heterocycles. The molecule has 0 unspecified atom stereocenters. The Kier molecular flexibility index (Phi) is 3.05. The molecule has 3 heteroatoms. The van der Waals surface area contributed by atoms with E-state index in [-0.39, 0.29) is 0 Å². The van der Waals surface area contributed by atoms with Crippen molar-refractivity contribution in [1.29, 1.82) is 0 Å². The van der Waals surface area contributed by atoms with E-state index in [4.69, 9.17) is 5.11 Å². The smallest absolute Gasteiger partial charge is 0.336 e. The largest absolute Gasteiger partial charge is 0.478 e. The van der Waals surface area contributed by atoms with Crippen molar-refractivity contribution in [1.82, 2.24) is 0 Å². The molecule has 2 aromatic carbocycles. The maximum Gasteiger partial charge on any atom is 0.336 e. The van der Waals surface area contributed by atoms with E-state index in [1.165, 1.54) is 22.1 Å². The van der Waals surface area contributed by atoms with Crippen LogP contribution in [-0.2, 0) is 6.42 Å². The van der Waals surface area contributed by atoms with Crippen LogP contribution >= 0.6 is 11.3 Å². The Morgan fingerprint density at radius 3 is 2.63 bits per heavy atom. The number of carbonyl (C=O) groups is 1. The second-order valence-corrected chi connectivity index (χ2v) is 5.42. The summed E-state index contributed by atoms with van der Waals surface area (Å²) < 4.78 is 0. The lowest BCUT2D eigenvalue weighted by atomic mass is 10.0. The van der Waals surface area contributed by atoms with Crippen LogP contribution in [0.4, 0.5) is 0 Å². The fourth-order valence-corrected chi connectivity index (χ4v) is 3.10. The second kappa shape index (κ2) is 4.86. The van der Waals surface area contributed by atoms with Gasteiger partial charge >= 0.3 is 5.97 Å². The van der Waals surface area contributed by atoms with Crippen LogP contribution in [-0.4, -0.2) is 11.1 Å². The summed E-state index contributed by atoms with van der Waals surface area (Å²) >= 11 is 1.50. The minimum absolute atomic E-state index is 0.415. The van der Waals surface area contributed by atoms with E-state index in [9.17, 15) is 4.79 Å². The molecular weight excluding hydrogens is 256 g/mol. The van der Waals surface area contributed by atoms with E-state index in [2.05, 4.69) is 30.3 Å². The van der Waals surface area contributed by atoms with Crippen LogP contribution < -0.4 is 0 Å². The minimum Gasteiger partial charge on any atom is -0.478 e. The molecule has 0 saturated heterocycles. The molecule has 0 radical (unpaired) electrons. The molecule has 0 aliphatic rings. The van der Waals surface area contributed by atoms with Gasteiger partial charge in [0.2, 0.25) is 0 Å². The molecule has 0 amide bonds. The summed E-state index contributed by atoms with van der Waals surface area (Å²) in [5, 5.41) is 13.3. The number of benzene rings is 2. The molecule has 0 aliphatic carbocycles. The van der Waals surface area contributed by atoms with Crippen LogP contribution in [0.15, 0.2) is 53.9 Å². The summed E-state index contributed by atoms with van der Waals surface area (Å²) in [7, 11) is 0. The number of carboxylic acid groups (broad SMARTS) is 1. The van der Waals surface area contributed by atoms with Gasteiger partial charge in [0.05, 0.1) is 5.56 Å². The summed E-state index contributed by atoms with van der Waals surface area (Å²) in [4.78, 5) is 12.0. The van der Waals surface area contributed by atoms with E-state index in [1.807, 2.05) is 17.5 Å². The molecule has 0 aliphatic heterocycles. The van der Waals surface area contributed by atoms with Gasteiger partial charge in [-0.1, -0.05) is 42.5 Å². The van der Waals surface area contributed by atoms with Crippen molar-refractivity contribution in [3.05, 3.63) is 69.9 Å². The molecule has 1 N–H and O–H groups in total. The Balaban J connectivity index is 1.97. The average molecular weight is 268 g/mol. The third kappa shape index (κ3) is 2.37. The first kappa shape index (κ1) is 11.9. The van der Waals surface area contributed by atoms with Gasteiger partial charge in [0.25, 0.3) is 0 Å². The van der Waals surface area contributed by atoms with Gasteiger partial charge in [-0.15, -0.1) is 11.3 Å². The van der Waals surface area contributed by atoms with Gasteiger partial charge in [-0.25, -0.2) is 4.79 Å². The van der Waals surface area contributed by atoms with Gasteiger partial charge in [0, 0.05) is 11.3 Å². The van der Waals surface area contributed by atoms with E-state index in [0.29, 0.717) is 12.0 Å². The van der Waals surface area contributed by atoms with Crippen LogP contribution in [0.2, 0.25) is 0 Å². The molecule has 19 heavy (non-hydrogen) atoms. The number of thiophene rings is 1. The predicted molar refractivity (Wildman–Crippen MR) is 78.0 cm³/mol. The molecular formula is C16H12O2S. The summed E-state index contributed by atoms with van der Waals surface area (Å²) in [5.41, 5.74) is 1.56. The van der Waals surface area contributed by atoms with Gasteiger partial charge in [0.15, 0.2) is 0 Å². The minimum atomic E-state index is -0.850. The van der Waals surface area contributed by atoms with Crippen molar-refractivity contribution in [3.63, 3.8) is 0 Å². The Labute approximate surface area is 114 Å². The van der Waals surface area contributed by atoms with Crippen molar-refractivity contribution >= 4 is 28.1 Å². The number of carboxylic acids is 1. The van der Waals surface area contributed by atoms with Crippen LogP contribution in [0.1, 0.15) is 20.8 Å². The first-order chi connectivity index (χ1) is 9.24. The first-order valence-electron chi connectivity index (χ1n) is 6.01. The highest BCUT2D eigenvalue weighted by molar-refractivity contribution is 7.10. The second-order valence-electron chi connectivity index (χ2n) is 4.42. The van der Waals surface area contributed by atoms with Crippen molar-refractivity contribution in [2.75, 3.05) is 0 Å². The summed E-state index contributed by atoms with van der Waals surface area (Å²) in [6, 6.07) is 16.1. The number of aromatic carboxylic acids is 1. The molecule has 0 bridgehead atoms. The van der Waals surface area contributed by atoms with Gasteiger partial charge < -0.3 is 5.11 Å². The number of fused-ring (bicyclic) bond motifs is 1. The van der Waals surface area contributed by atoms with Crippen LogP contribution in [0.5, 0.6) is 0 Å². The van der Waals surface area contributed by atoms with Crippen molar-refractivity contribution < 1.29 is 9.90 Å². The normalized spacial score (nSPS) is 10.7. The van der Waals surface area contributed by atoms with Gasteiger partial charge in [-0.05, 0) is 27.8 Å². The molecule has 0 saturated carbocycles. The number of hydrogen-bond acceptors (Lipinski definition) is 2. The molecule has 2 nitrogen and oxygen atoms in total. The Bertz CT molecular complexity index is 743. The lowest BCUT2D eigenvalue weighted by Crippen LogP contribution is -1.98. The van der Waals surface area contributed by atoms with Crippen LogP contribution in [0, 0.1) is 0 Å². The standard InChI is InChI=1S/C16H12O2S/c17-16(18)14-7-8-19-15(14)10-11-5-6-12-3-1-2-4-13(12)9-11/h1-9H,10H2,(H,17,18). The van der Waals surface area contributed by atoms with Crippen molar-refractivity contribution in [3.8, 4) is 0 Å². The fourth-order valence-electron chi connectivity index (χ4n) is 2.20. The lowest BCUT2D eigenvalue weighted by Gasteiger charge is -2.03. The third-order valence-corrected chi connectivity index (χ3v) is 4.08. The summed E-state index contributed by atoms with van der Waals surface area (Å²) in [6.45, 7) is 0. The lowest BCUT2D eigenvalue weighted by molar-refractivity contribution is 0.0696. The molecule has 94 valence electrons. The zero-order chi connectivity index (χ0) is 13.2. The Hall–Kier alpha value is -2.13. The van der Waals surface area contributed by atoms with E-state index < -0.39 is 5.97 Å². The van der Waals surface area contributed by atoms with Crippen molar-refractivity contribution in [2.45, 2.75) is 6.42 Å². The SMILES string of the molecule is O=C(O)c1ccsc1Cc1ccc2ccccc2c1. The van der Waals surface area contributed by atoms with Crippen LogP contribution in [0.25, 0.3) is 10.8 Å². The zero-order valence-electron chi connectivity index (χ0n) is 10.2. The summed E-state index contributed by atoms with van der Waals surface area (Å²) in [5.74, 6) is -0.850. The van der Waals surface area contributed by atoms with Gasteiger partial charge in [-0.2, -0.15) is 0 Å². The number of rotatable bonds is 3. The average Bonchev–Trinajstić information content (AvgIpc) is 2.87. The third-order valence-electron chi connectivity index (χ3n) is 3.15. The topological polar surface area (TPSA) is 37.3 Å². The Morgan fingerprint density at radius 1 is 1.05 bits per heavy atom. The number of hydrogen-bond donors (Lipinski definition) is 1. The molecule has 3 aromatic rings. The summed E-state index contributed by atoms with van der Waals surface area (Å²) in [6.07, 6.45) is 0.671. The van der Waals surface area contributed by atoms with Crippen molar-refractivity contribution in [2.24, 2.45) is 0 Å². The fraction of sp³-hybridized carbons (Fsp3) is 0.0625. The van der Waals surface area contributed by atoms with E-state index >= 15 is 0 Å². The van der Waals surface area contributed by atoms with E-state index in [0.717, 1.165) is 10.4 Å². The molecule has 1 heterocycles. The molecule has 3 rings (SSSR count). The van der Waals surface area contributed by atoms with E-state index in [1.54, 1.807) is 6.07 Å². The molecule has 0 atom stereocenters. The van der Waals surface area contributed by atoms with Crippen LogP contribution in [0.3, 0.4) is 0 Å². The zero-order valence-corrected chi connectivity index (χ0v) is 11.0. The Morgan fingerprint density at radius 2 is 1.84 bits per heavy atom.